The maximum absolute atomic E-state index is 12.2. The van der Waals surface area contributed by atoms with E-state index in [9.17, 15) is 14.4 Å². The SMILES string of the molecule is CNC(=O)Nc1cccc(NC(=O)CNC(=O)c2cc(C)cc(C)c2)c1. The van der Waals surface area contributed by atoms with Crippen molar-refractivity contribution >= 4 is 29.2 Å². The third-order valence-electron chi connectivity index (χ3n) is 3.52. The fourth-order valence-electron chi connectivity index (χ4n) is 2.44. The van der Waals surface area contributed by atoms with Gasteiger partial charge in [-0.25, -0.2) is 4.79 Å². The fraction of sp³-hybridized carbons (Fsp3) is 0.211. The van der Waals surface area contributed by atoms with Gasteiger partial charge in [0.1, 0.15) is 0 Å². The Balaban J connectivity index is 1.91. The summed E-state index contributed by atoms with van der Waals surface area (Å²) in [5.74, 6) is -0.665. The molecule has 0 aliphatic carbocycles. The van der Waals surface area contributed by atoms with Gasteiger partial charge in [-0.1, -0.05) is 23.3 Å². The molecule has 2 aromatic carbocycles. The van der Waals surface area contributed by atoms with Crippen LogP contribution in [0, 0.1) is 13.8 Å². The average Bonchev–Trinajstić information content (AvgIpc) is 2.59. The van der Waals surface area contributed by atoms with Crippen LogP contribution < -0.4 is 21.3 Å². The van der Waals surface area contributed by atoms with Crippen molar-refractivity contribution in [2.75, 3.05) is 24.2 Å². The minimum atomic E-state index is -0.361. The van der Waals surface area contributed by atoms with Gasteiger partial charge in [0, 0.05) is 24.0 Å². The first-order valence-electron chi connectivity index (χ1n) is 8.12. The number of carbonyl (C=O) groups is 3. The lowest BCUT2D eigenvalue weighted by molar-refractivity contribution is -0.115. The molecule has 136 valence electrons. The molecule has 7 heteroatoms. The van der Waals surface area contributed by atoms with Gasteiger partial charge < -0.3 is 21.3 Å². The van der Waals surface area contributed by atoms with Crippen molar-refractivity contribution in [1.29, 1.82) is 0 Å². The molecular weight excluding hydrogens is 332 g/mol. The summed E-state index contributed by atoms with van der Waals surface area (Å²) in [5.41, 5.74) is 3.55. The molecule has 7 nitrogen and oxygen atoms in total. The molecule has 0 saturated heterocycles. The van der Waals surface area contributed by atoms with E-state index in [4.69, 9.17) is 0 Å². The Bertz CT molecular complexity index is 813. The highest BCUT2D eigenvalue weighted by Crippen LogP contribution is 2.15. The standard InChI is InChI=1S/C19H22N4O3/c1-12-7-13(2)9-14(8-12)18(25)21-11-17(24)22-15-5-4-6-16(10-15)23-19(26)20-3/h4-10H,11H2,1-3H3,(H,21,25)(H,22,24)(H2,20,23,26). The van der Waals surface area contributed by atoms with Crippen molar-refractivity contribution in [3.8, 4) is 0 Å². The predicted octanol–water partition coefficient (Wildman–Crippen LogP) is 2.42. The third-order valence-corrected chi connectivity index (χ3v) is 3.52. The van der Waals surface area contributed by atoms with Crippen LogP contribution >= 0.6 is 0 Å². The zero-order chi connectivity index (χ0) is 19.1. The highest BCUT2D eigenvalue weighted by molar-refractivity contribution is 6.00. The predicted molar refractivity (Wildman–Crippen MR) is 101 cm³/mol. The molecule has 0 radical (unpaired) electrons. The maximum Gasteiger partial charge on any atom is 0.318 e. The molecule has 0 fully saturated rings. The Morgan fingerprint density at radius 1 is 0.885 bits per heavy atom. The molecule has 2 rings (SSSR count). The first-order chi connectivity index (χ1) is 12.4. The van der Waals surface area contributed by atoms with Gasteiger partial charge >= 0.3 is 6.03 Å². The maximum atomic E-state index is 12.2. The highest BCUT2D eigenvalue weighted by Gasteiger charge is 2.09. The summed E-state index contributed by atoms with van der Waals surface area (Å²) in [4.78, 5) is 35.5. The quantitative estimate of drug-likeness (QED) is 0.663. The number of benzene rings is 2. The summed E-state index contributed by atoms with van der Waals surface area (Å²) >= 11 is 0. The second kappa shape index (κ2) is 8.66. The first kappa shape index (κ1) is 19.0. The lowest BCUT2D eigenvalue weighted by atomic mass is 10.1. The van der Waals surface area contributed by atoms with Crippen LogP contribution in [0.25, 0.3) is 0 Å². The molecule has 4 N–H and O–H groups in total. The van der Waals surface area contributed by atoms with E-state index in [1.165, 1.54) is 7.05 Å². The van der Waals surface area contributed by atoms with Crippen LogP contribution in [0.15, 0.2) is 42.5 Å². The van der Waals surface area contributed by atoms with Gasteiger partial charge in [-0.15, -0.1) is 0 Å². The van der Waals surface area contributed by atoms with E-state index in [2.05, 4.69) is 21.3 Å². The second-order valence-corrected chi connectivity index (χ2v) is 5.89. The number of hydrogen-bond donors (Lipinski definition) is 4. The molecule has 4 amide bonds. The van der Waals surface area contributed by atoms with E-state index in [0.717, 1.165) is 11.1 Å². The number of rotatable bonds is 5. The van der Waals surface area contributed by atoms with Gasteiger partial charge in [0.05, 0.1) is 6.54 Å². The molecular formula is C19H22N4O3. The Morgan fingerprint density at radius 2 is 1.50 bits per heavy atom. The Morgan fingerprint density at radius 3 is 2.12 bits per heavy atom. The Hall–Kier alpha value is -3.35. The van der Waals surface area contributed by atoms with Crippen molar-refractivity contribution in [3.63, 3.8) is 0 Å². The first-order valence-corrected chi connectivity index (χ1v) is 8.12. The van der Waals surface area contributed by atoms with E-state index in [-0.39, 0.29) is 24.4 Å². The van der Waals surface area contributed by atoms with Crippen LogP contribution in [0.5, 0.6) is 0 Å². The van der Waals surface area contributed by atoms with E-state index in [0.29, 0.717) is 16.9 Å². The van der Waals surface area contributed by atoms with Gasteiger partial charge in [0.15, 0.2) is 0 Å². The molecule has 0 aromatic heterocycles. The molecule has 26 heavy (non-hydrogen) atoms. The molecule has 2 aromatic rings. The average molecular weight is 354 g/mol. The molecule has 0 bridgehead atoms. The molecule has 0 saturated carbocycles. The number of carbonyl (C=O) groups excluding carboxylic acids is 3. The van der Waals surface area contributed by atoms with E-state index < -0.39 is 0 Å². The Labute approximate surface area is 152 Å². The van der Waals surface area contributed by atoms with Crippen LogP contribution in [0.1, 0.15) is 21.5 Å². The normalized spacial score (nSPS) is 9.96. The summed E-state index contributed by atoms with van der Waals surface area (Å²) in [6.45, 7) is 3.67. The topological polar surface area (TPSA) is 99.3 Å². The smallest absolute Gasteiger partial charge is 0.318 e. The van der Waals surface area contributed by atoms with Gasteiger partial charge in [-0.2, -0.15) is 0 Å². The summed E-state index contributed by atoms with van der Waals surface area (Å²) in [5, 5.41) is 10.3. The lowest BCUT2D eigenvalue weighted by Crippen LogP contribution is -2.33. The zero-order valence-corrected chi connectivity index (χ0v) is 15.0. The summed E-state index contributed by atoms with van der Waals surface area (Å²) in [6, 6.07) is 11.9. The van der Waals surface area contributed by atoms with Crippen LogP contribution in [-0.4, -0.2) is 31.4 Å². The minimum absolute atomic E-state index is 0.154. The summed E-state index contributed by atoms with van der Waals surface area (Å²) in [7, 11) is 1.51. The van der Waals surface area contributed by atoms with E-state index in [1.807, 2.05) is 19.9 Å². The number of hydrogen-bond acceptors (Lipinski definition) is 3. The van der Waals surface area contributed by atoms with Crippen LogP contribution in [0.4, 0.5) is 16.2 Å². The van der Waals surface area contributed by atoms with Crippen LogP contribution in [-0.2, 0) is 4.79 Å². The Kier molecular flexibility index (Phi) is 6.32. The molecule has 0 aliphatic rings. The largest absolute Gasteiger partial charge is 0.343 e. The van der Waals surface area contributed by atoms with Crippen molar-refractivity contribution in [1.82, 2.24) is 10.6 Å². The second-order valence-electron chi connectivity index (χ2n) is 5.89. The van der Waals surface area contributed by atoms with Gasteiger partial charge in [-0.05, 0) is 44.2 Å². The van der Waals surface area contributed by atoms with Crippen molar-refractivity contribution in [3.05, 3.63) is 59.2 Å². The zero-order valence-electron chi connectivity index (χ0n) is 15.0. The van der Waals surface area contributed by atoms with E-state index >= 15 is 0 Å². The number of urea groups is 1. The van der Waals surface area contributed by atoms with Crippen molar-refractivity contribution in [2.45, 2.75) is 13.8 Å². The molecule has 0 aliphatic heterocycles. The molecule has 0 atom stereocenters. The molecule has 0 spiro atoms. The van der Waals surface area contributed by atoms with Gasteiger partial charge in [-0.3, -0.25) is 9.59 Å². The van der Waals surface area contributed by atoms with Crippen LogP contribution in [0.3, 0.4) is 0 Å². The number of anilines is 2. The summed E-state index contributed by atoms with van der Waals surface area (Å²) < 4.78 is 0. The summed E-state index contributed by atoms with van der Waals surface area (Å²) in [6.07, 6.45) is 0. The van der Waals surface area contributed by atoms with Crippen molar-refractivity contribution < 1.29 is 14.4 Å². The lowest BCUT2D eigenvalue weighted by Gasteiger charge is -2.10. The highest BCUT2D eigenvalue weighted by atomic mass is 16.2. The molecule has 0 heterocycles. The molecule has 0 unspecified atom stereocenters. The monoisotopic (exact) mass is 354 g/mol. The van der Waals surface area contributed by atoms with E-state index in [1.54, 1.807) is 36.4 Å². The number of nitrogens with one attached hydrogen (secondary N) is 4. The number of amides is 4. The number of aryl methyl sites for hydroxylation is 2. The third kappa shape index (κ3) is 5.62. The fourth-order valence-corrected chi connectivity index (χ4v) is 2.44. The van der Waals surface area contributed by atoms with Crippen molar-refractivity contribution in [2.24, 2.45) is 0 Å². The van der Waals surface area contributed by atoms with Crippen LogP contribution in [0.2, 0.25) is 0 Å². The van der Waals surface area contributed by atoms with Gasteiger partial charge in [0.25, 0.3) is 5.91 Å². The minimum Gasteiger partial charge on any atom is -0.343 e. The van der Waals surface area contributed by atoms with Gasteiger partial charge in [0.2, 0.25) is 5.91 Å².